The van der Waals surface area contributed by atoms with Crippen molar-refractivity contribution in [3.63, 3.8) is 0 Å². The molecule has 2 rings (SSSR count). The van der Waals surface area contributed by atoms with Crippen LogP contribution in [0.1, 0.15) is 26.7 Å². The molecule has 1 aliphatic heterocycles. The molecule has 1 aliphatic rings. The van der Waals surface area contributed by atoms with Crippen molar-refractivity contribution >= 4 is 11.4 Å². The number of hydrogen-bond donors (Lipinski definition) is 1. The Morgan fingerprint density at radius 2 is 1.95 bits per heavy atom. The fourth-order valence-corrected chi connectivity index (χ4v) is 2.61. The van der Waals surface area contributed by atoms with Gasteiger partial charge in [0.1, 0.15) is 11.5 Å². The van der Waals surface area contributed by atoms with Gasteiger partial charge in [-0.3, -0.25) is 10.1 Å². The molecule has 1 fully saturated rings. The maximum absolute atomic E-state index is 13.8. The number of likely N-dealkylation sites (tertiary alicyclic amines) is 1. The van der Waals surface area contributed by atoms with Crippen molar-refractivity contribution in [1.82, 2.24) is 4.90 Å². The van der Waals surface area contributed by atoms with Crippen LogP contribution in [0.4, 0.5) is 20.2 Å². The predicted octanol–water partition coefficient (Wildman–Crippen LogP) is 3.16. The van der Waals surface area contributed by atoms with E-state index in [1.807, 2.05) is 0 Å². The zero-order valence-electron chi connectivity index (χ0n) is 12.1. The van der Waals surface area contributed by atoms with Crippen molar-refractivity contribution < 1.29 is 13.7 Å². The van der Waals surface area contributed by atoms with Gasteiger partial charge < -0.3 is 10.2 Å². The number of nitrogens with one attached hydrogen (secondary N) is 1. The molecule has 1 N–H and O–H groups in total. The highest BCUT2D eigenvalue weighted by atomic mass is 19.1. The number of piperidine rings is 1. The highest BCUT2D eigenvalue weighted by molar-refractivity contribution is 5.63. The third-order valence-corrected chi connectivity index (χ3v) is 3.84. The van der Waals surface area contributed by atoms with Crippen LogP contribution < -0.4 is 5.32 Å². The molecule has 7 heteroatoms. The van der Waals surface area contributed by atoms with E-state index in [2.05, 4.69) is 24.1 Å². The fourth-order valence-electron chi connectivity index (χ4n) is 2.61. The van der Waals surface area contributed by atoms with Gasteiger partial charge in [0.25, 0.3) is 5.69 Å². The van der Waals surface area contributed by atoms with Crippen molar-refractivity contribution in [3.8, 4) is 0 Å². The maximum Gasteiger partial charge on any atom is 0.298 e. The number of nitro groups is 1. The summed E-state index contributed by atoms with van der Waals surface area (Å²) in [6.45, 7) is 5.92. The van der Waals surface area contributed by atoms with Crippen LogP contribution in [-0.4, -0.2) is 35.0 Å². The van der Waals surface area contributed by atoms with Gasteiger partial charge in [-0.2, -0.15) is 0 Å². The van der Waals surface area contributed by atoms with Crippen LogP contribution in [-0.2, 0) is 0 Å². The first-order valence-electron chi connectivity index (χ1n) is 7.02. The third kappa shape index (κ3) is 3.66. The third-order valence-electron chi connectivity index (χ3n) is 3.84. The number of hydrogen-bond acceptors (Lipinski definition) is 4. The summed E-state index contributed by atoms with van der Waals surface area (Å²) in [5.41, 5.74) is -0.775. The van der Waals surface area contributed by atoms with Gasteiger partial charge in [-0.15, -0.1) is 0 Å². The Hall–Kier alpha value is -1.76. The zero-order valence-corrected chi connectivity index (χ0v) is 12.1. The first-order valence-corrected chi connectivity index (χ1v) is 7.02. The number of nitro benzene ring substituents is 1. The molecular weight excluding hydrogens is 280 g/mol. The Kier molecular flexibility index (Phi) is 4.72. The summed E-state index contributed by atoms with van der Waals surface area (Å²) in [6.07, 6.45) is 1.54. The van der Waals surface area contributed by atoms with Crippen LogP contribution in [0.2, 0.25) is 0 Å². The van der Waals surface area contributed by atoms with E-state index < -0.39 is 22.2 Å². The standard InChI is InChI=1S/C14H19F2N3O2/c1-9(2)18-5-3-11(4-6-18)17-14-12(16)7-10(15)8-13(14)19(20)21/h7-9,11,17H,3-6H2,1-2H3. The van der Waals surface area contributed by atoms with E-state index in [0.29, 0.717) is 12.1 Å². The smallest absolute Gasteiger partial charge is 0.298 e. The van der Waals surface area contributed by atoms with Gasteiger partial charge in [-0.05, 0) is 26.7 Å². The second-order valence-electron chi connectivity index (χ2n) is 5.59. The van der Waals surface area contributed by atoms with Gasteiger partial charge in [-0.25, -0.2) is 8.78 Å². The van der Waals surface area contributed by atoms with Gasteiger partial charge in [0.15, 0.2) is 5.82 Å². The topological polar surface area (TPSA) is 58.4 Å². The van der Waals surface area contributed by atoms with Crippen LogP contribution in [0.15, 0.2) is 12.1 Å². The van der Waals surface area contributed by atoms with Gasteiger partial charge in [-0.1, -0.05) is 0 Å². The van der Waals surface area contributed by atoms with E-state index in [-0.39, 0.29) is 11.7 Å². The Balaban J connectivity index is 2.12. The second kappa shape index (κ2) is 6.34. The Labute approximate surface area is 122 Å². The average molecular weight is 299 g/mol. The summed E-state index contributed by atoms with van der Waals surface area (Å²) < 4.78 is 26.9. The van der Waals surface area contributed by atoms with Gasteiger partial charge in [0.05, 0.1) is 11.0 Å². The fraction of sp³-hybridized carbons (Fsp3) is 0.571. The Bertz CT molecular complexity index is 529. The largest absolute Gasteiger partial charge is 0.374 e. The molecule has 0 atom stereocenters. The van der Waals surface area contributed by atoms with E-state index in [1.165, 1.54) is 0 Å². The van der Waals surface area contributed by atoms with E-state index in [4.69, 9.17) is 0 Å². The molecule has 5 nitrogen and oxygen atoms in total. The lowest BCUT2D eigenvalue weighted by atomic mass is 10.0. The van der Waals surface area contributed by atoms with Crippen LogP contribution in [0.5, 0.6) is 0 Å². The summed E-state index contributed by atoms with van der Waals surface area (Å²) in [7, 11) is 0. The van der Waals surface area contributed by atoms with E-state index in [0.717, 1.165) is 32.0 Å². The molecule has 0 spiro atoms. The number of anilines is 1. The van der Waals surface area contributed by atoms with Crippen molar-refractivity contribution in [3.05, 3.63) is 33.9 Å². The monoisotopic (exact) mass is 299 g/mol. The second-order valence-corrected chi connectivity index (χ2v) is 5.59. The molecule has 0 bridgehead atoms. The van der Waals surface area contributed by atoms with E-state index in [1.54, 1.807) is 0 Å². The van der Waals surface area contributed by atoms with Gasteiger partial charge in [0, 0.05) is 31.2 Å². The lowest BCUT2D eigenvalue weighted by molar-refractivity contribution is -0.384. The van der Waals surface area contributed by atoms with Crippen molar-refractivity contribution in [2.24, 2.45) is 0 Å². The van der Waals surface area contributed by atoms with Gasteiger partial charge >= 0.3 is 0 Å². The average Bonchev–Trinajstić information content (AvgIpc) is 2.41. The number of rotatable bonds is 4. The van der Waals surface area contributed by atoms with Gasteiger partial charge in [0.2, 0.25) is 0 Å². The Morgan fingerprint density at radius 3 is 2.48 bits per heavy atom. The minimum absolute atomic E-state index is 0.0429. The molecule has 0 unspecified atom stereocenters. The highest BCUT2D eigenvalue weighted by Crippen LogP contribution is 2.30. The molecule has 0 saturated carbocycles. The summed E-state index contributed by atoms with van der Waals surface area (Å²) in [4.78, 5) is 12.5. The lowest BCUT2D eigenvalue weighted by Crippen LogP contribution is -2.42. The molecule has 0 aromatic heterocycles. The summed E-state index contributed by atoms with van der Waals surface area (Å²) in [6, 6.07) is 1.81. The first kappa shape index (κ1) is 15.6. The van der Waals surface area contributed by atoms with E-state index >= 15 is 0 Å². The Morgan fingerprint density at radius 1 is 1.33 bits per heavy atom. The van der Waals surface area contributed by atoms with Crippen LogP contribution in [0.25, 0.3) is 0 Å². The lowest BCUT2D eigenvalue weighted by Gasteiger charge is -2.35. The quantitative estimate of drug-likeness (QED) is 0.685. The molecule has 116 valence electrons. The summed E-state index contributed by atoms with van der Waals surface area (Å²) in [5, 5.41) is 13.8. The van der Waals surface area contributed by atoms with E-state index in [9.17, 15) is 18.9 Å². The molecular formula is C14H19F2N3O2. The normalized spacial score (nSPS) is 17.2. The number of nitrogens with zero attached hydrogens (tertiary/aromatic N) is 2. The van der Waals surface area contributed by atoms with Crippen molar-refractivity contribution in [1.29, 1.82) is 0 Å². The number of halogens is 2. The highest BCUT2D eigenvalue weighted by Gasteiger charge is 2.26. The predicted molar refractivity (Wildman–Crippen MR) is 76.4 cm³/mol. The SMILES string of the molecule is CC(C)N1CCC(Nc2c(F)cc(F)cc2[N+](=O)[O-])CC1. The summed E-state index contributed by atoms with van der Waals surface area (Å²) >= 11 is 0. The minimum Gasteiger partial charge on any atom is -0.374 e. The van der Waals surface area contributed by atoms with Crippen LogP contribution >= 0.6 is 0 Å². The molecule has 0 aliphatic carbocycles. The first-order chi connectivity index (χ1) is 9.88. The van der Waals surface area contributed by atoms with Crippen molar-refractivity contribution in [2.45, 2.75) is 38.8 Å². The molecule has 1 aromatic carbocycles. The number of benzene rings is 1. The maximum atomic E-state index is 13.8. The summed E-state index contributed by atoms with van der Waals surface area (Å²) in [5.74, 6) is -1.87. The van der Waals surface area contributed by atoms with Crippen molar-refractivity contribution in [2.75, 3.05) is 18.4 Å². The molecule has 1 saturated heterocycles. The molecule has 0 radical (unpaired) electrons. The van der Waals surface area contributed by atoms with Crippen LogP contribution in [0.3, 0.4) is 0 Å². The molecule has 21 heavy (non-hydrogen) atoms. The minimum atomic E-state index is -0.945. The zero-order chi connectivity index (χ0) is 15.6. The molecule has 1 heterocycles. The molecule has 1 aromatic rings. The van der Waals surface area contributed by atoms with Crippen LogP contribution in [0, 0.1) is 21.7 Å². The molecule has 0 amide bonds.